The van der Waals surface area contributed by atoms with E-state index in [0.717, 1.165) is 17.6 Å². The fraction of sp³-hybridized carbons (Fsp3) is 0.250. The van der Waals surface area contributed by atoms with Gasteiger partial charge < -0.3 is 10.4 Å². The molecule has 0 atom stereocenters. The summed E-state index contributed by atoms with van der Waals surface area (Å²) in [4.78, 5) is 0. The molecule has 4 heteroatoms. The number of rotatable bonds is 3. The Balaban J connectivity index is 0.00000121. The molecule has 0 aliphatic carbocycles. The number of halogens is 2. The normalized spacial score (nSPS) is 8.75. The smallest absolute Gasteiger partial charge is 0.117 e. The summed E-state index contributed by atoms with van der Waals surface area (Å²) in [6.45, 7) is 0.865. The van der Waals surface area contributed by atoms with Crippen molar-refractivity contribution in [3.05, 3.63) is 24.3 Å². The SMILES string of the molecule is Br.Oc1cccc(NCCBr)c1. The summed E-state index contributed by atoms with van der Waals surface area (Å²) in [7, 11) is 0. The zero-order valence-corrected chi connectivity index (χ0v) is 9.76. The van der Waals surface area contributed by atoms with Crippen LogP contribution >= 0.6 is 32.9 Å². The fourth-order valence-corrected chi connectivity index (χ4v) is 1.01. The highest BCUT2D eigenvalue weighted by Crippen LogP contribution is 2.14. The van der Waals surface area contributed by atoms with Crippen molar-refractivity contribution < 1.29 is 5.11 Å². The Labute approximate surface area is 90.9 Å². The Kier molecular flexibility index (Phi) is 6.20. The van der Waals surface area contributed by atoms with Gasteiger partial charge in [-0.2, -0.15) is 0 Å². The molecule has 1 aromatic carbocycles. The molecule has 0 radical (unpaired) electrons. The fourth-order valence-electron chi connectivity index (χ4n) is 0.807. The Morgan fingerprint density at radius 3 is 2.75 bits per heavy atom. The average molecular weight is 297 g/mol. The molecule has 0 fully saturated rings. The van der Waals surface area contributed by atoms with Crippen LogP contribution in [-0.4, -0.2) is 17.0 Å². The van der Waals surface area contributed by atoms with Crippen molar-refractivity contribution in [1.82, 2.24) is 0 Å². The van der Waals surface area contributed by atoms with Crippen LogP contribution in [0.1, 0.15) is 0 Å². The number of hydrogen-bond donors (Lipinski definition) is 2. The molecule has 2 N–H and O–H groups in total. The van der Waals surface area contributed by atoms with E-state index in [1.807, 2.05) is 12.1 Å². The lowest BCUT2D eigenvalue weighted by molar-refractivity contribution is 0.475. The molecule has 2 nitrogen and oxygen atoms in total. The molecule has 0 bridgehead atoms. The lowest BCUT2D eigenvalue weighted by Crippen LogP contribution is -2.01. The second-order valence-corrected chi connectivity index (χ2v) is 2.96. The summed E-state index contributed by atoms with van der Waals surface area (Å²) in [6.07, 6.45) is 0. The molecule has 0 saturated carbocycles. The van der Waals surface area contributed by atoms with Crippen molar-refractivity contribution in [3.63, 3.8) is 0 Å². The highest BCUT2D eigenvalue weighted by molar-refractivity contribution is 9.09. The van der Waals surface area contributed by atoms with Gasteiger partial charge in [0, 0.05) is 23.6 Å². The molecule has 0 unspecified atom stereocenters. The van der Waals surface area contributed by atoms with Gasteiger partial charge in [-0.05, 0) is 12.1 Å². The van der Waals surface area contributed by atoms with Gasteiger partial charge in [0.05, 0.1) is 0 Å². The lowest BCUT2D eigenvalue weighted by Gasteiger charge is -2.02. The highest BCUT2D eigenvalue weighted by Gasteiger charge is 1.90. The van der Waals surface area contributed by atoms with Gasteiger partial charge in [0.2, 0.25) is 0 Å². The largest absolute Gasteiger partial charge is 0.508 e. The van der Waals surface area contributed by atoms with E-state index >= 15 is 0 Å². The summed E-state index contributed by atoms with van der Waals surface area (Å²) in [5, 5.41) is 13.1. The van der Waals surface area contributed by atoms with Crippen LogP contribution in [0.4, 0.5) is 5.69 Å². The third-order valence-corrected chi connectivity index (χ3v) is 1.67. The number of anilines is 1. The maximum absolute atomic E-state index is 9.06. The number of phenols is 1. The van der Waals surface area contributed by atoms with Gasteiger partial charge in [-0.25, -0.2) is 0 Å². The van der Waals surface area contributed by atoms with E-state index in [9.17, 15) is 0 Å². The van der Waals surface area contributed by atoms with Crippen LogP contribution in [0, 0.1) is 0 Å². The first-order chi connectivity index (χ1) is 5.33. The zero-order valence-electron chi connectivity index (χ0n) is 6.46. The van der Waals surface area contributed by atoms with Crippen LogP contribution in [0.2, 0.25) is 0 Å². The van der Waals surface area contributed by atoms with Crippen molar-refractivity contribution in [2.24, 2.45) is 0 Å². The van der Waals surface area contributed by atoms with E-state index in [1.54, 1.807) is 12.1 Å². The standard InChI is InChI=1S/C8H10BrNO.BrH/c9-4-5-10-7-2-1-3-8(11)6-7;/h1-3,6,10-11H,4-5H2;1H. The van der Waals surface area contributed by atoms with Gasteiger partial charge in [-0.3, -0.25) is 0 Å². The predicted octanol–water partition coefficient (Wildman–Crippen LogP) is 2.78. The monoisotopic (exact) mass is 295 g/mol. The molecule has 68 valence electrons. The molecule has 0 saturated heterocycles. The number of aromatic hydroxyl groups is 1. The Hall–Kier alpha value is -0.220. The van der Waals surface area contributed by atoms with Crippen molar-refractivity contribution >= 4 is 38.6 Å². The topological polar surface area (TPSA) is 32.3 Å². The molecule has 1 rings (SSSR count). The average Bonchev–Trinajstić information content (AvgIpc) is 2.01. The van der Waals surface area contributed by atoms with Gasteiger partial charge in [0.25, 0.3) is 0 Å². The van der Waals surface area contributed by atoms with Gasteiger partial charge in [-0.1, -0.05) is 22.0 Å². The molecular formula is C8H11Br2NO. The van der Waals surface area contributed by atoms with Crippen molar-refractivity contribution in [3.8, 4) is 5.75 Å². The van der Waals surface area contributed by atoms with E-state index in [1.165, 1.54) is 0 Å². The van der Waals surface area contributed by atoms with E-state index in [4.69, 9.17) is 5.11 Å². The quantitative estimate of drug-likeness (QED) is 0.841. The maximum Gasteiger partial charge on any atom is 0.117 e. The van der Waals surface area contributed by atoms with Crippen LogP contribution in [0.15, 0.2) is 24.3 Å². The van der Waals surface area contributed by atoms with E-state index < -0.39 is 0 Å². The van der Waals surface area contributed by atoms with E-state index in [0.29, 0.717) is 5.75 Å². The minimum absolute atomic E-state index is 0. The summed E-state index contributed by atoms with van der Waals surface area (Å²) in [5.74, 6) is 0.296. The number of hydrogen-bond acceptors (Lipinski definition) is 2. The molecule has 0 amide bonds. The Morgan fingerprint density at radius 1 is 1.42 bits per heavy atom. The summed E-state index contributed by atoms with van der Waals surface area (Å²) in [6, 6.07) is 7.08. The number of alkyl halides is 1. The van der Waals surface area contributed by atoms with Crippen LogP contribution < -0.4 is 5.32 Å². The minimum atomic E-state index is 0. The minimum Gasteiger partial charge on any atom is -0.508 e. The van der Waals surface area contributed by atoms with Crippen LogP contribution in [-0.2, 0) is 0 Å². The first-order valence-electron chi connectivity index (χ1n) is 3.42. The molecule has 0 spiro atoms. The maximum atomic E-state index is 9.06. The third kappa shape index (κ3) is 3.97. The second-order valence-electron chi connectivity index (χ2n) is 2.17. The van der Waals surface area contributed by atoms with Gasteiger partial charge in [0.1, 0.15) is 5.75 Å². The van der Waals surface area contributed by atoms with Gasteiger partial charge in [0.15, 0.2) is 0 Å². The Morgan fingerprint density at radius 2 is 2.17 bits per heavy atom. The summed E-state index contributed by atoms with van der Waals surface area (Å²) in [5.41, 5.74) is 0.949. The van der Waals surface area contributed by atoms with Crippen LogP contribution in [0.25, 0.3) is 0 Å². The molecule has 12 heavy (non-hydrogen) atoms. The van der Waals surface area contributed by atoms with Crippen molar-refractivity contribution in [1.29, 1.82) is 0 Å². The van der Waals surface area contributed by atoms with Crippen LogP contribution in [0.5, 0.6) is 5.75 Å². The summed E-state index contributed by atoms with van der Waals surface area (Å²) >= 11 is 3.30. The highest BCUT2D eigenvalue weighted by atomic mass is 79.9. The Bertz CT molecular complexity index is 230. The zero-order chi connectivity index (χ0) is 8.10. The molecule has 1 aromatic rings. The third-order valence-electron chi connectivity index (χ3n) is 1.27. The lowest BCUT2D eigenvalue weighted by atomic mass is 10.3. The predicted molar refractivity (Wildman–Crippen MR) is 60.7 cm³/mol. The summed E-state index contributed by atoms with van der Waals surface area (Å²) < 4.78 is 0. The number of nitrogens with one attached hydrogen (secondary N) is 1. The first-order valence-corrected chi connectivity index (χ1v) is 4.54. The van der Waals surface area contributed by atoms with E-state index in [2.05, 4.69) is 21.2 Å². The van der Waals surface area contributed by atoms with Crippen LogP contribution in [0.3, 0.4) is 0 Å². The van der Waals surface area contributed by atoms with Crippen molar-refractivity contribution in [2.45, 2.75) is 0 Å². The molecule has 0 aliphatic rings. The van der Waals surface area contributed by atoms with E-state index in [-0.39, 0.29) is 17.0 Å². The van der Waals surface area contributed by atoms with Gasteiger partial charge >= 0.3 is 0 Å². The van der Waals surface area contributed by atoms with Crippen molar-refractivity contribution in [2.75, 3.05) is 17.2 Å². The molecule has 0 aromatic heterocycles. The molecule has 0 heterocycles. The first kappa shape index (κ1) is 11.8. The number of benzene rings is 1. The molecule has 0 aliphatic heterocycles. The second kappa shape index (κ2) is 6.31. The van der Waals surface area contributed by atoms with Gasteiger partial charge in [-0.15, -0.1) is 17.0 Å². The molecular weight excluding hydrogens is 286 g/mol. The number of phenolic OH excluding ortho intramolecular Hbond substituents is 1.